The number of carbonyl (C=O) groups is 3. The molecule has 3 amide bonds. The minimum Gasteiger partial charge on any atom is -0.399 e. The zero-order valence-corrected chi connectivity index (χ0v) is 53.3. The maximum atomic E-state index is 12.5. The fourth-order valence-electron chi connectivity index (χ4n) is 11.6. The molecule has 0 bridgehead atoms. The van der Waals surface area contributed by atoms with Crippen molar-refractivity contribution in [3.05, 3.63) is 74.8 Å². The van der Waals surface area contributed by atoms with Crippen LogP contribution in [0.2, 0.25) is 15.7 Å². The molecular weight excluding hydrogens is 1180 g/mol. The van der Waals surface area contributed by atoms with E-state index in [9.17, 15) is 19.6 Å². The number of fused-ring (bicyclic) bond motifs is 2. The molecule has 28 heteroatoms. The summed E-state index contributed by atoms with van der Waals surface area (Å²) in [5, 5.41) is 39.5. The molecule has 24 nitrogen and oxygen atoms in total. The number of halogens is 3. The van der Waals surface area contributed by atoms with E-state index in [0.29, 0.717) is 85.7 Å². The van der Waals surface area contributed by atoms with Crippen molar-refractivity contribution < 1.29 is 23.7 Å². The number of aryl methyl sites for hydroxylation is 2. The van der Waals surface area contributed by atoms with Gasteiger partial charge >= 0.3 is 7.12 Å². The summed E-state index contributed by atoms with van der Waals surface area (Å²) in [4.78, 5) is 70.8. The van der Waals surface area contributed by atoms with Crippen molar-refractivity contribution in [3.8, 4) is 29.6 Å². The van der Waals surface area contributed by atoms with Crippen LogP contribution in [0.15, 0.2) is 31.0 Å². The zero-order chi connectivity index (χ0) is 62.6. The van der Waals surface area contributed by atoms with Gasteiger partial charge in [-0.25, -0.2) is 24.9 Å². The van der Waals surface area contributed by atoms with Gasteiger partial charge in [0.1, 0.15) is 34.9 Å². The van der Waals surface area contributed by atoms with Crippen molar-refractivity contribution in [2.75, 3.05) is 68.7 Å². The van der Waals surface area contributed by atoms with Gasteiger partial charge in [0, 0.05) is 131 Å². The van der Waals surface area contributed by atoms with Gasteiger partial charge < -0.3 is 39.1 Å². The van der Waals surface area contributed by atoms with Crippen molar-refractivity contribution >= 4 is 76.7 Å². The fourth-order valence-corrected chi connectivity index (χ4v) is 12.1. The van der Waals surface area contributed by atoms with Crippen molar-refractivity contribution in [3.63, 3.8) is 0 Å². The summed E-state index contributed by atoms with van der Waals surface area (Å²) in [7, 11) is -0.262. The minimum absolute atomic E-state index is 0.0454. The van der Waals surface area contributed by atoms with E-state index < -0.39 is 0 Å². The maximum Gasteiger partial charge on any atom is 0.498 e. The van der Waals surface area contributed by atoms with Crippen molar-refractivity contribution in [1.29, 1.82) is 15.8 Å². The molecule has 0 spiro atoms. The monoisotopic (exact) mass is 1260 g/mol. The first-order valence-corrected chi connectivity index (χ1v) is 31.7. The van der Waals surface area contributed by atoms with Crippen LogP contribution in [0.4, 0.5) is 11.6 Å². The Balaban J connectivity index is 0.000000127. The largest absolute Gasteiger partial charge is 0.498 e. The average molecular weight is 1260 g/mol. The second-order valence-electron chi connectivity index (χ2n) is 24.8. The van der Waals surface area contributed by atoms with Crippen LogP contribution in [0.25, 0.3) is 11.4 Å². The van der Waals surface area contributed by atoms with Crippen molar-refractivity contribution in [2.45, 2.75) is 155 Å². The van der Waals surface area contributed by atoms with Crippen LogP contribution >= 0.6 is 34.8 Å². The summed E-state index contributed by atoms with van der Waals surface area (Å²) in [6, 6.07) is 6.73. The molecular formula is C60H75BCl3N19O5. The molecule has 9 aliphatic rings. The number of rotatable bonds is 7. The van der Waals surface area contributed by atoms with Gasteiger partial charge in [-0.05, 0) is 136 Å². The standard InChI is InChI=1S/C20H23N7O.C14H16ClN5O.C12H19BN2O2.C9H16N2O.C5HCl2N3/c1-13-12-25(7-8-26(13)20(28)14-4-5-14)19-15(9-21)10-22-18(24-19)16-11-23-27-6-2-3-17(16)27;1-9-8-19(4-5-20(9)13(21)10-2-3-10)12-11(6-16)7-17-14(15)18-12;1-11(2)12(3,4)17-13(16-11)9-8-14-15-7-5-6-10(9)15;1-7-6-10-4-5-11(7)9(12)8-2-3-8;6-4-3(1-8)2-9-5(7)10-4/h10-11,13-14H,2-8,12H2,1H3;7,9-10H,2-5,8H2,1H3;8H,5-7H2,1-4H3;7-8,10H,2-6H2,1H3;2H/t13-;9-;;7-;/m11.1./s1. The van der Waals surface area contributed by atoms with E-state index in [4.69, 9.17) is 59.6 Å². The van der Waals surface area contributed by atoms with E-state index in [0.717, 1.165) is 102 Å². The van der Waals surface area contributed by atoms with Crippen LogP contribution in [-0.2, 0) is 49.6 Å². The van der Waals surface area contributed by atoms with Crippen LogP contribution in [0.1, 0.15) is 128 Å². The number of anilines is 2. The lowest BCUT2D eigenvalue weighted by atomic mass is 9.79. The third kappa shape index (κ3) is 14.7. The van der Waals surface area contributed by atoms with Gasteiger partial charge in [0.05, 0.1) is 41.6 Å². The zero-order valence-electron chi connectivity index (χ0n) is 51.0. The third-order valence-electron chi connectivity index (χ3n) is 17.8. The summed E-state index contributed by atoms with van der Waals surface area (Å²) in [6.07, 6.45) is 18.7. The topological polar surface area (TPSA) is 282 Å². The molecule has 14 rings (SSSR count). The van der Waals surface area contributed by atoms with Crippen LogP contribution in [-0.4, -0.2) is 177 Å². The number of aromatic nitrogens is 10. The Morgan fingerprint density at radius 1 is 0.580 bits per heavy atom. The SMILES string of the molecule is CC1(C)OB(c2cnn3c2CCC3)OC1(C)C.C[C@@H]1CN(c2nc(-c3cnn4c3CCC4)ncc2C#N)CCN1C(=O)C1CC1.C[C@@H]1CN(c2nc(Cl)ncc2C#N)CCN1C(=O)C1CC1.C[C@@H]1CNCCN1C(=O)C1CC1.N#Cc1cnc(Cl)nc1Cl. The fraction of sp³-hybridized carbons (Fsp3) is 0.600. The average Bonchev–Trinajstić information content (AvgIpc) is 1.91. The van der Waals surface area contributed by atoms with Gasteiger partial charge in [0.2, 0.25) is 28.3 Å². The Kier molecular flexibility index (Phi) is 19.9. The molecule has 3 saturated carbocycles. The molecule has 4 saturated heterocycles. The van der Waals surface area contributed by atoms with E-state index in [1.165, 1.54) is 30.2 Å². The first-order valence-electron chi connectivity index (χ1n) is 30.5. The van der Waals surface area contributed by atoms with Crippen molar-refractivity contribution in [1.82, 2.24) is 69.5 Å². The Bertz CT molecular complexity index is 3500. The second-order valence-corrected chi connectivity index (χ2v) is 25.9. The molecule has 6 aliphatic heterocycles. The molecule has 0 radical (unpaired) electrons. The lowest BCUT2D eigenvalue weighted by Crippen LogP contribution is -2.54. The molecule has 5 aromatic rings. The van der Waals surface area contributed by atoms with Crippen molar-refractivity contribution in [2.24, 2.45) is 17.8 Å². The lowest BCUT2D eigenvalue weighted by molar-refractivity contribution is -0.136. The van der Waals surface area contributed by atoms with Crippen LogP contribution in [0, 0.1) is 51.7 Å². The number of nitriles is 3. The number of amides is 3. The molecule has 3 atom stereocenters. The number of nitrogens with zero attached hydrogens (tertiary/aromatic N) is 18. The molecule has 464 valence electrons. The highest BCUT2D eigenvalue weighted by Gasteiger charge is 2.53. The summed E-state index contributed by atoms with van der Waals surface area (Å²) in [5.74, 6) is 3.64. The van der Waals surface area contributed by atoms with Gasteiger partial charge in [-0.2, -0.15) is 31.0 Å². The minimum atomic E-state index is -0.273. The molecule has 88 heavy (non-hydrogen) atoms. The Hall–Kier alpha value is -7.05. The highest BCUT2D eigenvalue weighted by atomic mass is 35.5. The number of carbonyl (C=O) groups excluding carboxylic acids is 3. The maximum absolute atomic E-state index is 12.5. The van der Waals surface area contributed by atoms with E-state index in [1.807, 2.05) is 43.6 Å². The Morgan fingerprint density at radius 2 is 1.05 bits per heavy atom. The van der Waals surface area contributed by atoms with Gasteiger partial charge in [-0.1, -0.05) is 11.6 Å². The van der Waals surface area contributed by atoms with E-state index in [1.54, 1.807) is 12.3 Å². The predicted molar refractivity (Wildman–Crippen MR) is 330 cm³/mol. The van der Waals surface area contributed by atoms with Gasteiger partial charge in [-0.3, -0.25) is 23.7 Å². The summed E-state index contributed by atoms with van der Waals surface area (Å²) >= 11 is 16.7. The molecule has 5 aromatic heterocycles. The second kappa shape index (κ2) is 27.4. The van der Waals surface area contributed by atoms with E-state index in [2.05, 4.69) is 104 Å². The molecule has 11 heterocycles. The lowest BCUT2D eigenvalue weighted by Gasteiger charge is -2.40. The summed E-state index contributed by atoms with van der Waals surface area (Å²) in [5.41, 5.74) is 5.09. The predicted octanol–water partition coefficient (Wildman–Crippen LogP) is 6.05. The number of hydrogen-bond donors (Lipinski definition) is 1. The first-order chi connectivity index (χ1) is 42.2. The van der Waals surface area contributed by atoms with Crippen LogP contribution < -0.4 is 20.6 Å². The molecule has 1 N–H and O–H groups in total. The normalized spacial score (nSPS) is 22.1. The summed E-state index contributed by atoms with van der Waals surface area (Å²) < 4.78 is 16.2. The first kappa shape index (κ1) is 64.0. The quantitative estimate of drug-likeness (QED) is 0.110. The number of nitrogens with one attached hydrogen (secondary N) is 1. The van der Waals surface area contributed by atoms with Crippen LogP contribution in [0.5, 0.6) is 0 Å². The molecule has 0 unspecified atom stereocenters. The molecule has 3 aliphatic carbocycles. The van der Waals surface area contributed by atoms with Gasteiger partial charge in [-0.15, -0.1) is 0 Å². The summed E-state index contributed by atoms with van der Waals surface area (Å²) in [6.45, 7) is 23.3. The van der Waals surface area contributed by atoms with Gasteiger partial charge in [0.25, 0.3) is 0 Å². The molecule has 0 aromatic carbocycles. The highest BCUT2D eigenvalue weighted by Crippen LogP contribution is 2.38. The Labute approximate surface area is 529 Å². The Morgan fingerprint density at radius 3 is 1.55 bits per heavy atom. The third-order valence-corrected chi connectivity index (χ3v) is 18.5. The van der Waals surface area contributed by atoms with Gasteiger partial charge in [0.15, 0.2) is 22.6 Å². The smallest absolute Gasteiger partial charge is 0.399 e. The van der Waals surface area contributed by atoms with E-state index in [-0.39, 0.29) is 75.3 Å². The van der Waals surface area contributed by atoms with E-state index >= 15 is 0 Å². The van der Waals surface area contributed by atoms with Crippen LogP contribution in [0.3, 0.4) is 0 Å². The highest BCUT2D eigenvalue weighted by molar-refractivity contribution is 6.62. The number of piperazine rings is 3. The number of hydrogen-bond acceptors (Lipinski definition) is 19. The molecule has 7 fully saturated rings.